The first kappa shape index (κ1) is 19.0. The molecule has 0 aliphatic heterocycles. The lowest BCUT2D eigenvalue weighted by Crippen LogP contribution is -2.55. The number of carbonyl (C=O) groups excluding carboxylic acids is 1. The molecule has 0 bridgehead atoms. The average Bonchev–Trinajstić information content (AvgIpc) is 3.27. The monoisotopic (exact) mass is 399 g/mol. The molecule has 0 radical (unpaired) electrons. The van der Waals surface area contributed by atoms with Gasteiger partial charge in [0.25, 0.3) is 0 Å². The van der Waals surface area contributed by atoms with Crippen molar-refractivity contribution >= 4 is 29.0 Å². The summed E-state index contributed by atoms with van der Waals surface area (Å²) in [6.45, 7) is 0.957. The third kappa shape index (κ3) is 4.72. The second-order valence-electron chi connectivity index (χ2n) is 7.71. The van der Waals surface area contributed by atoms with E-state index in [-0.39, 0.29) is 24.7 Å². The zero-order valence-electron chi connectivity index (χ0n) is 15.6. The number of thiophene rings is 1. The van der Waals surface area contributed by atoms with Crippen molar-refractivity contribution in [2.45, 2.75) is 37.8 Å². The summed E-state index contributed by atoms with van der Waals surface area (Å²) in [6.07, 6.45) is 4.02. The van der Waals surface area contributed by atoms with Crippen molar-refractivity contribution in [1.29, 1.82) is 0 Å². The van der Waals surface area contributed by atoms with Gasteiger partial charge in [-0.2, -0.15) is 0 Å². The molecule has 6 nitrogen and oxygen atoms in total. The second kappa shape index (κ2) is 8.32. The Morgan fingerprint density at radius 1 is 1.14 bits per heavy atom. The van der Waals surface area contributed by atoms with Crippen LogP contribution in [0.5, 0.6) is 0 Å². The van der Waals surface area contributed by atoms with Gasteiger partial charge in [0.05, 0.1) is 12.2 Å². The molecule has 148 valence electrons. The third-order valence-electron chi connectivity index (χ3n) is 5.45. The lowest BCUT2D eigenvalue weighted by Gasteiger charge is -2.42. The largest absolute Gasteiger partial charge is 0.480 e. The molecule has 1 heterocycles. The number of carboxylic acids is 1. The van der Waals surface area contributed by atoms with Crippen LogP contribution in [-0.2, 0) is 4.79 Å². The van der Waals surface area contributed by atoms with E-state index >= 15 is 0 Å². The molecule has 3 N–H and O–H groups in total. The number of carbonyl (C=O) groups is 2. The smallest absolute Gasteiger partial charge is 0.319 e. The van der Waals surface area contributed by atoms with Crippen molar-refractivity contribution in [2.75, 3.05) is 18.4 Å². The fourth-order valence-electron chi connectivity index (χ4n) is 3.73. The van der Waals surface area contributed by atoms with Gasteiger partial charge in [0.15, 0.2) is 0 Å². The van der Waals surface area contributed by atoms with E-state index in [0.29, 0.717) is 5.92 Å². The van der Waals surface area contributed by atoms with Gasteiger partial charge in [-0.3, -0.25) is 9.69 Å². The van der Waals surface area contributed by atoms with E-state index in [4.69, 9.17) is 5.11 Å². The number of aliphatic carboxylic acids is 1. The van der Waals surface area contributed by atoms with Gasteiger partial charge in [0, 0.05) is 29.1 Å². The Hall–Kier alpha value is -2.38. The summed E-state index contributed by atoms with van der Waals surface area (Å²) >= 11 is 1.64. The Balaban J connectivity index is 1.29. The first-order valence-corrected chi connectivity index (χ1v) is 10.6. The Kier molecular flexibility index (Phi) is 5.64. The van der Waals surface area contributed by atoms with Crippen molar-refractivity contribution in [1.82, 2.24) is 10.2 Å². The van der Waals surface area contributed by atoms with Crippen LogP contribution in [0.25, 0.3) is 10.4 Å². The quantitative estimate of drug-likeness (QED) is 0.629. The normalized spacial score (nSPS) is 21.2. The first-order chi connectivity index (χ1) is 13.6. The van der Waals surface area contributed by atoms with Crippen LogP contribution in [-0.4, -0.2) is 47.2 Å². The number of para-hydroxylation sites is 1. The Labute approximate surface area is 168 Å². The SMILES string of the molecule is O=C(O)CN(CC1CC1)C1CC(NC(=O)Nc2ccccc2-c2cccs2)C1. The van der Waals surface area contributed by atoms with Gasteiger partial charge in [0.2, 0.25) is 0 Å². The summed E-state index contributed by atoms with van der Waals surface area (Å²) in [7, 11) is 0. The minimum Gasteiger partial charge on any atom is -0.480 e. The maximum absolute atomic E-state index is 12.5. The molecule has 2 aromatic rings. The molecule has 0 unspecified atom stereocenters. The van der Waals surface area contributed by atoms with Gasteiger partial charge >= 0.3 is 12.0 Å². The number of benzene rings is 1. The van der Waals surface area contributed by atoms with E-state index in [9.17, 15) is 9.59 Å². The summed E-state index contributed by atoms with van der Waals surface area (Å²) in [6, 6.07) is 11.9. The lowest BCUT2D eigenvalue weighted by atomic mass is 9.85. The number of anilines is 1. The van der Waals surface area contributed by atoms with Crippen LogP contribution in [0.1, 0.15) is 25.7 Å². The van der Waals surface area contributed by atoms with Crippen LogP contribution < -0.4 is 10.6 Å². The maximum Gasteiger partial charge on any atom is 0.319 e. The number of urea groups is 1. The summed E-state index contributed by atoms with van der Waals surface area (Å²) < 4.78 is 0. The van der Waals surface area contributed by atoms with Crippen molar-refractivity contribution in [2.24, 2.45) is 5.92 Å². The molecule has 7 heteroatoms. The van der Waals surface area contributed by atoms with Crippen LogP contribution in [0.15, 0.2) is 41.8 Å². The highest BCUT2D eigenvalue weighted by atomic mass is 32.1. The van der Waals surface area contributed by atoms with E-state index in [0.717, 1.165) is 35.5 Å². The molecule has 1 aromatic carbocycles. The number of hydrogen-bond acceptors (Lipinski definition) is 4. The molecule has 2 aliphatic rings. The van der Waals surface area contributed by atoms with E-state index in [1.807, 2.05) is 41.8 Å². The van der Waals surface area contributed by atoms with E-state index < -0.39 is 5.97 Å². The fourth-order valence-corrected chi connectivity index (χ4v) is 4.50. The predicted octanol–water partition coefficient (Wildman–Crippen LogP) is 3.86. The molecular weight excluding hydrogens is 374 g/mol. The predicted molar refractivity (Wildman–Crippen MR) is 111 cm³/mol. The molecule has 2 amide bonds. The first-order valence-electron chi connectivity index (χ1n) is 9.74. The highest BCUT2D eigenvalue weighted by Gasteiger charge is 2.37. The second-order valence-corrected chi connectivity index (χ2v) is 8.66. The van der Waals surface area contributed by atoms with E-state index in [1.54, 1.807) is 11.3 Å². The Morgan fingerprint density at radius 2 is 1.93 bits per heavy atom. The molecule has 2 fully saturated rings. The molecule has 0 atom stereocenters. The molecule has 1 aromatic heterocycles. The molecule has 0 saturated heterocycles. The lowest BCUT2D eigenvalue weighted by molar-refractivity contribution is -0.139. The van der Waals surface area contributed by atoms with Gasteiger partial charge in [-0.25, -0.2) is 4.79 Å². The van der Waals surface area contributed by atoms with Gasteiger partial charge in [-0.15, -0.1) is 11.3 Å². The molecule has 2 saturated carbocycles. The topological polar surface area (TPSA) is 81.7 Å². The fraction of sp³-hybridized carbons (Fsp3) is 0.429. The minimum atomic E-state index is -0.778. The summed E-state index contributed by atoms with van der Waals surface area (Å²) in [5.41, 5.74) is 1.80. The van der Waals surface area contributed by atoms with E-state index in [1.165, 1.54) is 12.8 Å². The van der Waals surface area contributed by atoms with Crippen LogP contribution in [0.3, 0.4) is 0 Å². The van der Waals surface area contributed by atoms with Gasteiger partial charge in [-0.05, 0) is 49.1 Å². The minimum absolute atomic E-state index is 0.0915. The Morgan fingerprint density at radius 3 is 2.61 bits per heavy atom. The van der Waals surface area contributed by atoms with Crippen molar-refractivity contribution in [3.05, 3.63) is 41.8 Å². The molecule has 2 aliphatic carbocycles. The molecule has 0 spiro atoms. The van der Waals surface area contributed by atoms with Crippen LogP contribution in [0.4, 0.5) is 10.5 Å². The number of carboxylic acid groups (broad SMARTS) is 1. The van der Waals surface area contributed by atoms with Crippen LogP contribution in [0, 0.1) is 5.92 Å². The zero-order chi connectivity index (χ0) is 19.5. The number of hydrogen-bond donors (Lipinski definition) is 3. The van der Waals surface area contributed by atoms with Gasteiger partial charge < -0.3 is 15.7 Å². The number of nitrogens with one attached hydrogen (secondary N) is 2. The summed E-state index contributed by atoms with van der Waals surface area (Å²) in [5.74, 6) is -0.122. The summed E-state index contributed by atoms with van der Waals surface area (Å²) in [4.78, 5) is 26.8. The van der Waals surface area contributed by atoms with Gasteiger partial charge in [-0.1, -0.05) is 24.3 Å². The molecular formula is C21H25N3O3S. The standard InChI is InChI=1S/C21H25N3O3S/c25-20(26)13-24(12-14-7-8-14)16-10-15(11-16)22-21(27)23-18-5-2-1-4-17(18)19-6-3-9-28-19/h1-6,9,14-16H,7-8,10-13H2,(H,25,26)(H2,22,23,27). The molecule has 4 rings (SSSR count). The maximum atomic E-state index is 12.5. The van der Waals surface area contributed by atoms with Crippen LogP contribution in [0.2, 0.25) is 0 Å². The number of amides is 2. The zero-order valence-corrected chi connectivity index (χ0v) is 16.5. The van der Waals surface area contributed by atoms with Gasteiger partial charge in [0.1, 0.15) is 0 Å². The van der Waals surface area contributed by atoms with E-state index in [2.05, 4.69) is 15.5 Å². The van der Waals surface area contributed by atoms with Crippen LogP contribution >= 0.6 is 11.3 Å². The average molecular weight is 400 g/mol. The number of nitrogens with zero attached hydrogens (tertiary/aromatic N) is 1. The van der Waals surface area contributed by atoms with Crippen molar-refractivity contribution in [3.63, 3.8) is 0 Å². The highest BCUT2D eigenvalue weighted by molar-refractivity contribution is 7.13. The molecule has 28 heavy (non-hydrogen) atoms. The van der Waals surface area contributed by atoms with Crippen molar-refractivity contribution < 1.29 is 14.7 Å². The Bertz CT molecular complexity index is 829. The number of rotatable bonds is 8. The third-order valence-corrected chi connectivity index (χ3v) is 6.36. The van der Waals surface area contributed by atoms with Crippen molar-refractivity contribution in [3.8, 4) is 10.4 Å². The summed E-state index contributed by atoms with van der Waals surface area (Å²) in [5, 5.41) is 17.2. The highest BCUT2D eigenvalue weighted by Crippen LogP contribution is 2.34.